The van der Waals surface area contributed by atoms with Crippen LogP contribution in [0.1, 0.15) is 22.9 Å². The molecule has 0 aliphatic carbocycles. The zero-order valence-corrected chi connectivity index (χ0v) is 17.5. The molecule has 4 aromatic rings. The van der Waals surface area contributed by atoms with Gasteiger partial charge in [-0.3, -0.25) is 14.6 Å². The molecule has 0 bridgehead atoms. The zero-order chi connectivity index (χ0) is 22.9. The Morgan fingerprint density at radius 3 is 2.36 bits per heavy atom. The molecule has 0 radical (unpaired) electrons. The van der Waals surface area contributed by atoms with Crippen molar-refractivity contribution in [2.45, 2.75) is 12.6 Å². The van der Waals surface area contributed by atoms with Crippen LogP contribution in [0.25, 0.3) is 16.5 Å². The van der Waals surface area contributed by atoms with E-state index in [9.17, 15) is 19.1 Å². The Labute approximate surface area is 189 Å². The Bertz CT molecular complexity index is 1400. The van der Waals surface area contributed by atoms with Crippen LogP contribution < -0.4 is 0 Å². The monoisotopic (exact) mass is 438 g/mol. The van der Waals surface area contributed by atoms with Crippen LogP contribution in [0.3, 0.4) is 0 Å². The summed E-state index contributed by atoms with van der Waals surface area (Å²) in [5.74, 6) is -2.16. The molecule has 3 aromatic carbocycles. The highest BCUT2D eigenvalue weighted by molar-refractivity contribution is 6.46. The number of benzene rings is 3. The smallest absolute Gasteiger partial charge is 0.296 e. The maximum absolute atomic E-state index is 13.4. The van der Waals surface area contributed by atoms with Gasteiger partial charge in [-0.05, 0) is 46.7 Å². The molecule has 1 aromatic heterocycles. The number of nitrogens with zero attached hydrogens (tertiary/aromatic N) is 2. The van der Waals surface area contributed by atoms with Crippen LogP contribution in [0.4, 0.5) is 4.39 Å². The molecule has 1 aliphatic heterocycles. The van der Waals surface area contributed by atoms with Crippen LogP contribution >= 0.6 is 0 Å². The van der Waals surface area contributed by atoms with Gasteiger partial charge in [-0.2, -0.15) is 0 Å². The largest absolute Gasteiger partial charge is 0.507 e. The predicted molar refractivity (Wildman–Crippen MR) is 122 cm³/mol. The van der Waals surface area contributed by atoms with Crippen molar-refractivity contribution in [3.63, 3.8) is 0 Å². The lowest BCUT2D eigenvalue weighted by atomic mass is 9.97. The second kappa shape index (κ2) is 8.31. The van der Waals surface area contributed by atoms with Gasteiger partial charge in [0.15, 0.2) is 0 Å². The van der Waals surface area contributed by atoms with Crippen LogP contribution in [0.2, 0.25) is 0 Å². The van der Waals surface area contributed by atoms with Gasteiger partial charge < -0.3 is 10.0 Å². The third kappa shape index (κ3) is 3.76. The third-order valence-corrected chi connectivity index (χ3v) is 5.80. The fourth-order valence-electron chi connectivity index (χ4n) is 4.17. The van der Waals surface area contributed by atoms with Crippen molar-refractivity contribution in [2.75, 3.05) is 0 Å². The van der Waals surface area contributed by atoms with Gasteiger partial charge in [0.2, 0.25) is 0 Å². The number of fused-ring (bicyclic) bond motifs is 1. The highest BCUT2D eigenvalue weighted by Gasteiger charge is 2.46. The van der Waals surface area contributed by atoms with Gasteiger partial charge in [0, 0.05) is 18.3 Å². The molecule has 5 rings (SSSR count). The van der Waals surface area contributed by atoms with E-state index in [1.54, 1.807) is 48.7 Å². The van der Waals surface area contributed by atoms with Crippen molar-refractivity contribution < 1.29 is 19.1 Å². The standard InChI is InChI=1S/C27H19FN2O3/c28-21-12-8-17(9-13-21)16-30-24(22-7-3-4-14-29-22)23(26(32)27(30)33)25(31)20-11-10-18-5-1-2-6-19(18)15-20/h1-15,24,31H,16H2/b25-23-. The van der Waals surface area contributed by atoms with E-state index in [2.05, 4.69) is 4.98 Å². The summed E-state index contributed by atoms with van der Waals surface area (Å²) in [5.41, 5.74) is 1.54. The molecule has 6 heteroatoms. The van der Waals surface area contributed by atoms with Crippen LogP contribution in [-0.4, -0.2) is 26.7 Å². The van der Waals surface area contributed by atoms with E-state index in [1.807, 2.05) is 30.3 Å². The van der Waals surface area contributed by atoms with Gasteiger partial charge in [-0.25, -0.2) is 4.39 Å². The average molecular weight is 438 g/mol. The van der Waals surface area contributed by atoms with Gasteiger partial charge >= 0.3 is 0 Å². The normalized spacial score (nSPS) is 17.6. The molecule has 0 saturated carbocycles. The number of pyridine rings is 1. The molecule has 33 heavy (non-hydrogen) atoms. The number of ketones is 1. The number of halogens is 1. The summed E-state index contributed by atoms with van der Waals surface area (Å²) in [6.45, 7) is 0.0700. The Morgan fingerprint density at radius 1 is 0.909 bits per heavy atom. The number of Topliss-reactive ketones (excluding diaryl/α,β-unsaturated/α-hetero) is 1. The molecule has 0 spiro atoms. The molecular formula is C27H19FN2O3. The molecule has 1 N–H and O–H groups in total. The number of aliphatic hydroxyl groups is 1. The molecule has 162 valence electrons. The highest BCUT2D eigenvalue weighted by atomic mass is 19.1. The van der Waals surface area contributed by atoms with Crippen LogP contribution in [0.5, 0.6) is 0 Å². The van der Waals surface area contributed by atoms with Crippen LogP contribution in [0, 0.1) is 5.82 Å². The third-order valence-electron chi connectivity index (χ3n) is 5.80. The quantitative estimate of drug-likeness (QED) is 0.277. The number of carbonyl (C=O) groups is 2. The molecule has 5 nitrogen and oxygen atoms in total. The van der Waals surface area contributed by atoms with E-state index >= 15 is 0 Å². The van der Waals surface area contributed by atoms with E-state index in [1.165, 1.54) is 17.0 Å². The van der Waals surface area contributed by atoms with Crippen LogP contribution in [0.15, 0.2) is 96.7 Å². The summed E-state index contributed by atoms with van der Waals surface area (Å²) in [5, 5.41) is 13.1. The topological polar surface area (TPSA) is 70.5 Å². The lowest BCUT2D eigenvalue weighted by Crippen LogP contribution is -2.29. The minimum Gasteiger partial charge on any atom is -0.507 e. The first-order valence-corrected chi connectivity index (χ1v) is 10.5. The number of amides is 1. The number of rotatable bonds is 4. The molecule has 2 heterocycles. The van der Waals surface area contributed by atoms with E-state index < -0.39 is 23.5 Å². The van der Waals surface area contributed by atoms with E-state index in [0.29, 0.717) is 16.8 Å². The van der Waals surface area contributed by atoms with Crippen LogP contribution in [-0.2, 0) is 16.1 Å². The Hall–Kier alpha value is -4.32. The minimum absolute atomic E-state index is 0.0175. The van der Waals surface area contributed by atoms with Crippen molar-refractivity contribution in [3.05, 3.63) is 119 Å². The summed E-state index contributed by atoms with van der Waals surface area (Å²) in [6.07, 6.45) is 1.57. The summed E-state index contributed by atoms with van der Waals surface area (Å²) in [4.78, 5) is 31.9. The maximum Gasteiger partial charge on any atom is 0.296 e. The number of hydrogen-bond acceptors (Lipinski definition) is 4. The van der Waals surface area contributed by atoms with Crippen molar-refractivity contribution in [3.8, 4) is 0 Å². The highest BCUT2D eigenvalue weighted by Crippen LogP contribution is 2.39. The van der Waals surface area contributed by atoms with E-state index in [0.717, 1.165) is 10.8 Å². The summed E-state index contributed by atoms with van der Waals surface area (Å²) < 4.78 is 13.4. The fourth-order valence-corrected chi connectivity index (χ4v) is 4.17. The first-order valence-electron chi connectivity index (χ1n) is 10.5. The molecule has 1 atom stereocenters. The van der Waals surface area contributed by atoms with Gasteiger partial charge in [0.05, 0.1) is 11.3 Å². The molecule has 1 aliphatic rings. The maximum atomic E-state index is 13.4. The second-order valence-corrected chi connectivity index (χ2v) is 7.87. The summed E-state index contributed by atoms with van der Waals surface area (Å²) >= 11 is 0. The Kier molecular flexibility index (Phi) is 5.18. The number of likely N-dealkylation sites (tertiary alicyclic amines) is 1. The summed E-state index contributed by atoms with van der Waals surface area (Å²) in [7, 11) is 0. The lowest BCUT2D eigenvalue weighted by Gasteiger charge is -2.24. The Morgan fingerprint density at radius 2 is 1.64 bits per heavy atom. The van der Waals surface area contributed by atoms with E-state index in [4.69, 9.17) is 0 Å². The first kappa shape index (κ1) is 20.6. The summed E-state index contributed by atoms with van der Waals surface area (Å²) in [6, 6.07) is 23.1. The number of hydrogen-bond donors (Lipinski definition) is 1. The lowest BCUT2D eigenvalue weighted by molar-refractivity contribution is -0.140. The second-order valence-electron chi connectivity index (χ2n) is 7.87. The molecule has 1 amide bonds. The SMILES string of the molecule is O=C1C(=O)N(Cc2ccc(F)cc2)C(c2ccccn2)/C1=C(/O)c1ccc2ccccc2c1. The molecule has 1 saturated heterocycles. The molecule has 1 unspecified atom stereocenters. The molecular weight excluding hydrogens is 419 g/mol. The number of aliphatic hydroxyl groups excluding tert-OH is 1. The number of carbonyl (C=O) groups excluding carboxylic acids is 2. The number of aromatic nitrogens is 1. The first-order chi connectivity index (χ1) is 16.0. The Balaban J connectivity index is 1.64. The van der Waals surface area contributed by atoms with Gasteiger partial charge in [-0.15, -0.1) is 0 Å². The van der Waals surface area contributed by atoms with E-state index in [-0.39, 0.29) is 17.9 Å². The average Bonchev–Trinajstić information content (AvgIpc) is 3.10. The van der Waals surface area contributed by atoms with Crippen molar-refractivity contribution in [1.29, 1.82) is 0 Å². The zero-order valence-electron chi connectivity index (χ0n) is 17.5. The van der Waals surface area contributed by atoms with Gasteiger partial charge in [0.25, 0.3) is 11.7 Å². The van der Waals surface area contributed by atoms with Crippen molar-refractivity contribution in [1.82, 2.24) is 9.88 Å². The predicted octanol–water partition coefficient (Wildman–Crippen LogP) is 5.00. The van der Waals surface area contributed by atoms with Gasteiger partial charge in [0.1, 0.15) is 17.6 Å². The van der Waals surface area contributed by atoms with Crippen molar-refractivity contribution >= 4 is 28.2 Å². The fraction of sp³-hybridized carbons (Fsp3) is 0.0741. The van der Waals surface area contributed by atoms with Gasteiger partial charge in [-0.1, -0.05) is 54.6 Å². The molecule has 1 fully saturated rings. The minimum atomic E-state index is -0.872. The van der Waals surface area contributed by atoms with Crippen molar-refractivity contribution in [2.24, 2.45) is 0 Å².